The SMILES string of the molecule is CN(C)/C(=N/OCc1ccc(Cl)cc1Cl)c1nonc1N. The molecule has 21 heavy (non-hydrogen) atoms. The molecule has 2 rings (SSSR count). The second-order valence-electron chi connectivity index (χ2n) is 4.32. The summed E-state index contributed by atoms with van der Waals surface area (Å²) in [4.78, 5) is 6.98. The van der Waals surface area contributed by atoms with Gasteiger partial charge in [-0.05, 0) is 22.4 Å². The molecule has 0 aliphatic rings. The number of halogens is 2. The minimum Gasteiger partial charge on any atom is -0.389 e. The van der Waals surface area contributed by atoms with Crippen LogP contribution in [0.2, 0.25) is 10.0 Å². The standard InChI is InChI=1S/C12H13Cl2N5O2/c1-19(2)12(10-11(15)17-21-16-10)18-20-6-7-3-4-8(13)5-9(7)14/h3-5H,6H2,1-2H3,(H2,15,17)/b18-12+. The fourth-order valence-corrected chi connectivity index (χ4v) is 1.95. The second kappa shape index (κ2) is 6.64. The molecule has 0 atom stereocenters. The topological polar surface area (TPSA) is 89.8 Å². The van der Waals surface area contributed by atoms with Gasteiger partial charge in [-0.2, -0.15) is 0 Å². The van der Waals surface area contributed by atoms with Crippen molar-refractivity contribution in [3.63, 3.8) is 0 Å². The van der Waals surface area contributed by atoms with Crippen LogP contribution < -0.4 is 5.73 Å². The second-order valence-corrected chi connectivity index (χ2v) is 5.16. The first kappa shape index (κ1) is 15.4. The average Bonchev–Trinajstić information content (AvgIpc) is 2.82. The van der Waals surface area contributed by atoms with Crippen LogP contribution in [-0.2, 0) is 11.4 Å². The van der Waals surface area contributed by atoms with Crippen LogP contribution in [0, 0.1) is 0 Å². The van der Waals surface area contributed by atoms with E-state index < -0.39 is 0 Å². The molecule has 0 amide bonds. The highest BCUT2D eigenvalue weighted by atomic mass is 35.5. The van der Waals surface area contributed by atoms with Crippen molar-refractivity contribution in [2.45, 2.75) is 6.61 Å². The largest absolute Gasteiger partial charge is 0.389 e. The number of nitrogen functional groups attached to an aromatic ring is 1. The fraction of sp³-hybridized carbons (Fsp3) is 0.250. The maximum atomic E-state index is 6.05. The van der Waals surface area contributed by atoms with Gasteiger partial charge in [0.25, 0.3) is 0 Å². The zero-order valence-electron chi connectivity index (χ0n) is 11.4. The van der Waals surface area contributed by atoms with Gasteiger partial charge in [-0.25, -0.2) is 4.63 Å². The predicted octanol–water partition coefficient (Wildman–Crippen LogP) is 2.40. The van der Waals surface area contributed by atoms with Crippen molar-refractivity contribution < 1.29 is 9.47 Å². The number of anilines is 1. The molecule has 0 radical (unpaired) electrons. The Morgan fingerprint density at radius 2 is 2.14 bits per heavy atom. The number of aromatic nitrogens is 2. The third-order valence-corrected chi connectivity index (χ3v) is 3.12. The lowest BCUT2D eigenvalue weighted by Crippen LogP contribution is -2.24. The molecule has 0 aliphatic carbocycles. The highest BCUT2D eigenvalue weighted by Gasteiger charge is 2.17. The van der Waals surface area contributed by atoms with E-state index in [9.17, 15) is 0 Å². The Balaban J connectivity index is 2.12. The molecule has 112 valence electrons. The normalized spacial score (nSPS) is 11.5. The van der Waals surface area contributed by atoms with Crippen molar-refractivity contribution in [3.8, 4) is 0 Å². The van der Waals surface area contributed by atoms with E-state index >= 15 is 0 Å². The van der Waals surface area contributed by atoms with Crippen LogP contribution in [0.1, 0.15) is 11.3 Å². The number of nitrogens with zero attached hydrogens (tertiary/aromatic N) is 4. The molecule has 0 spiro atoms. The molecule has 2 aromatic rings. The van der Waals surface area contributed by atoms with Gasteiger partial charge in [-0.3, -0.25) is 0 Å². The first-order valence-electron chi connectivity index (χ1n) is 5.88. The third-order valence-electron chi connectivity index (χ3n) is 2.54. The van der Waals surface area contributed by atoms with E-state index in [4.69, 9.17) is 33.8 Å². The molecule has 1 aromatic heterocycles. The molecule has 9 heteroatoms. The van der Waals surface area contributed by atoms with E-state index in [1.54, 1.807) is 37.2 Å². The third kappa shape index (κ3) is 3.77. The van der Waals surface area contributed by atoms with E-state index in [-0.39, 0.29) is 12.4 Å². The number of hydrogen-bond donors (Lipinski definition) is 1. The van der Waals surface area contributed by atoms with E-state index in [1.807, 2.05) is 0 Å². The summed E-state index contributed by atoms with van der Waals surface area (Å²) in [7, 11) is 3.54. The van der Waals surface area contributed by atoms with Crippen molar-refractivity contribution in [2.75, 3.05) is 19.8 Å². The molecule has 7 nitrogen and oxygen atoms in total. The van der Waals surface area contributed by atoms with Crippen molar-refractivity contribution in [1.29, 1.82) is 0 Å². The molecule has 0 fully saturated rings. The molecule has 0 bridgehead atoms. The van der Waals surface area contributed by atoms with Gasteiger partial charge in [0.1, 0.15) is 6.61 Å². The number of benzene rings is 1. The minimum atomic E-state index is 0.135. The molecular weight excluding hydrogens is 317 g/mol. The average molecular weight is 330 g/mol. The van der Waals surface area contributed by atoms with Crippen LogP contribution >= 0.6 is 23.2 Å². The summed E-state index contributed by atoms with van der Waals surface area (Å²) >= 11 is 11.9. The summed E-state index contributed by atoms with van der Waals surface area (Å²) < 4.78 is 4.55. The number of amidine groups is 1. The Bertz CT molecular complexity index is 657. The highest BCUT2D eigenvalue weighted by Crippen LogP contribution is 2.21. The van der Waals surface area contributed by atoms with Gasteiger partial charge in [0, 0.05) is 29.7 Å². The lowest BCUT2D eigenvalue weighted by molar-refractivity contribution is 0.127. The molecule has 1 aromatic carbocycles. The summed E-state index contributed by atoms with van der Waals surface area (Å²) in [5.74, 6) is 0.523. The smallest absolute Gasteiger partial charge is 0.201 e. The number of oxime groups is 1. The number of nitrogens with two attached hydrogens (primary N) is 1. The zero-order chi connectivity index (χ0) is 15.4. The molecule has 2 N–H and O–H groups in total. The summed E-state index contributed by atoms with van der Waals surface area (Å²) in [5, 5.41) is 12.2. The van der Waals surface area contributed by atoms with E-state index in [0.29, 0.717) is 21.6 Å². The van der Waals surface area contributed by atoms with Crippen LogP contribution in [0.4, 0.5) is 5.82 Å². The Hall–Kier alpha value is -1.99. The van der Waals surface area contributed by atoms with E-state index in [1.165, 1.54) is 0 Å². The Morgan fingerprint density at radius 1 is 1.38 bits per heavy atom. The maximum absolute atomic E-state index is 6.05. The first-order valence-corrected chi connectivity index (χ1v) is 6.64. The summed E-state index contributed by atoms with van der Waals surface area (Å²) in [6.45, 7) is 0.179. The molecule has 1 heterocycles. The van der Waals surface area contributed by atoms with Crippen molar-refractivity contribution >= 4 is 34.9 Å². The van der Waals surface area contributed by atoms with Crippen LogP contribution in [0.25, 0.3) is 0 Å². The van der Waals surface area contributed by atoms with Crippen LogP contribution in [0.5, 0.6) is 0 Å². The van der Waals surface area contributed by atoms with Gasteiger partial charge in [0.15, 0.2) is 11.5 Å². The van der Waals surface area contributed by atoms with Crippen molar-refractivity contribution in [2.24, 2.45) is 5.16 Å². The monoisotopic (exact) mass is 329 g/mol. The first-order chi connectivity index (χ1) is 9.99. The molecule has 0 saturated heterocycles. The van der Waals surface area contributed by atoms with E-state index in [2.05, 4.69) is 20.1 Å². The lowest BCUT2D eigenvalue weighted by Gasteiger charge is -2.12. The van der Waals surface area contributed by atoms with Crippen LogP contribution in [-0.4, -0.2) is 35.1 Å². The van der Waals surface area contributed by atoms with Gasteiger partial charge in [-0.1, -0.05) is 34.4 Å². The Kier molecular flexibility index (Phi) is 4.87. The summed E-state index contributed by atoms with van der Waals surface area (Å²) in [6.07, 6.45) is 0. The molecule has 0 saturated carbocycles. The quantitative estimate of drug-likeness (QED) is 0.526. The predicted molar refractivity (Wildman–Crippen MR) is 80.2 cm³/mol. The summed E-state index contributed by atoms with van der Waals surface area (Å²) in [6, 6.07) is 5.13. The lowest BCUT2D eigenvalue weighted by atomic mass is 10.2. The zero-order valence-corrected chi connectivity index (χ0v) is 12.9. The number of hydrogen-bond acceptors (Lipinski definition) is 6. The number of rotatable bonds is 4. The molecule has 0 aliphatic heterocycles. The van der Waals surface area contributed by atoms with Crippen molar-refractivity contribution in [3.05, 3.63) is 39.5 Å². The summed E-state index contributed by atoms with van der Waals surface area (Å²) in [5.41, 5.74) is 6.70. The maximum Gasteiger partial charge on any atom is 0.201 e. The fourth-order valence-electron chi connectivity index (χ4n) is 1.49. The highest BCUT2D eigenvalue weighted by molar-refractivity contribution is 6.35. The molecular formula is C12H13Cl2N5O2. The van der Waals surface area contributed by atoms with Crippen LogP contribution in [0.3, 0.4) is 0 Å². The van der Waals surface area contributed by atoms with Gasteiger partial charge < -0.3 is 15.5 Å². The van der Waals surface area contributed by atoms with Gasteiger partial charge >= 0.3 is 0 Å². The van der Waals surface area contributed by atoms with Crippen molar-refractivity contribution in [1.82, 2.24) is 15.2 Å². The van der Waals surface area contributed by atoms with Crippen LogP contribution in [0.15, 0.2) is 28.0 Å². The van der Waals surface area contributed by atoms with E-state index in [0.717, 1.165) is 5.56 Å². The van der Waals surface area contributed by atoms with Gasteiger partial charge in [0.05, 0.1) is 0 Å². The van der Waals surface area contributed by atoms with Gasteiger partial charge in [-0.15, -0.1) is 0 Å². The Morgan fingerprint density at radius 3 is 2.71 bits per heavy atom. The molecule has 0 unspecified atom stereocenters. The Labute approximate surface area is 131 Å². The van der Waals surface area contributed by atoms with Gasteiger partial charge in [0.2, 0.25) is 5.84 Å². The minimum absolute atomic E-state index is 0.135.